The maximum Gasteiger partial charge on any atom is 0.387 e. The number of hydrogen-bond donors (Lipinski definition) is 2. The first-order valence-electron chi connectivity index (χ1n) is 9.30. The average Bonchev–Trinajstić information content (AvgIpc) is 2.68. The number of quaternary nitrogens is 1. The third-order valence-electron chi connectivity index (χ3n) is 4.71. The van der Waals surface area contributed by atoms with Crippen molar-refractivity contribution in [2.75, 3.05) is 43.4 Å². The van der Waals surface area contributed by atoms with Crippen molar-refractivity contribution in [1.29, 1.82) is 0 Å². The summed E-state index contributed by atoms with van der Waals surface area (Å²) in [5.41, 5.74) is 2.29. The lowest BCUT2D eigenvalue weighted by Gasteiger charge is -2.33. The van der Waals surface area contributed by atoms with Gasteiger partial charge >= 0.3 is 6.61 Å². The minimum absolute atomic E-state index is 0.0687. The Labute approximate surface area is 173 Å². The van der Waals surface area contributed by atoms with Gasteiger partial charge in [-0.1, -0.05) is 23.7 Å². The van der Waals surface area contributed by atoms with E-state index in [2.05, 4.69) is 22.0 Å². The Balaban J connectivity index is 1.67. The van der Waals surface area contributed by atoms with Crippen molar-refractivity contribution in [2.45, 2.75) is 6.61 Å². The van der Waals surface area contributed by atoms with Crippen molar-refractivity contribution in [3.63, 3.8) is 0 Å². The Kier molecular flexibility index (Phi) is 7.06. The number of nitrogens with one attached hydrogen (secondary N) is 2. The molecule has 1 aliphatic rings. The fourth-order valence-corrected chi connectivity index (χ4v) is 3.29. The van der Waals surface area contributed by atoms with Crippen molar-refractivity contribution in [2.24, 2.45) is 0 Å². The molecule has 2 N–H and O–H groups in total. The number of alkyl halides is 2. The van der Waals surface area contributed by atoms with Crippen LogP contribution in [0.25, 0.3) is 6.08 Å². The Hall–Kier alpha value is -2.64. The summed E-state index contributed by atoms with van der Waals surface area (Å²) in [4.78, 5) is 16.1. The van der Waals surface area contributed by atoms with E-state index in [4.69, 9.17) is 11.6 Å². The molecule has 2 aromatic rings. The van der Waals surface area contributed by atoms with E-state index >= 15 is 0 Å². The van der Waals surface area contributed by atoms with E-state index in [0.717, 1.165) is 31.9 Å². The number of benzene rings is 2. The summed E-state index contributed by atoms with van der Waals surface area (Å²) in [5, 5.41) is 3.43. The van der Waals surface area contributed by atoms with E-state index < -0.39 is 6.61 Å². The third-order valence-corrected chi connectivity index (χ3v) is 4.94. The maximum atomic E-state index is 12.4. The second-order valence-electron chi connectivity index (χ2n) is 6.88. The van der Waals surface area contributed by atoms with Gasteiger partial charge < -0.3 is 19.9 Å². The molecule has 1 saturated heterocycles. The number of carbonyl (C=O) groups is 1. The molecule has 5 nitrogen and oxygen atoms in total. The van der Waals surface area contributed by atoms with E-state index in [1.807, 2.05) is 12.1 Å². The second-order valence-corrected chi connectivity index (χ2v) is 7.31. The van der Waals surface area contributed by atoms with Crippen molar-refractivity contribution in [1.82, 2.24) is 0 Å². The molecule has 0 aromatic heterocycles. The summed E-state index contributed by atoms with van der Waals surface area (Å²) in [6.07, 6.45) is 2.99. The van der Waals surface area contributed by atoms with Gasteiger partial charge in [0, 0.05) is 11.1 Å². The van der Waals surface area contributed by atoms with Gasteiger partial charge in [-0.3, -0.25) is 4.79 Å². The Morgan fingerprint density at radius 1 is 1.21 bits per heavy atom. The molecular weight excluding hydrogens is 400 g/mol. The number of ether oxygens (including phenoxy) is 1. The largest absolute Gasteiger partial charge is 0.435 e. The van der Waals surface area contributed by atoms with Crippen LogP contribution in [0, 0.1) is 0 Å². The fourth-order valence-electron chi connectivity index (χ4n) is 3.12. The van der Waals surface area contributed by atoms with Gasteiger partial charge in [-0.15, -0.1) is 0 Å². The number of carbonyl (C=O) groups excluding carboxylic acids is 1. The van der Waals surface area contributed by atoms with Gasteiger partial charge in [-0.2, -0.15) is 8.78 Å². The summed E-state index contributed by atoms with van der Waals surface area (Å²) in [7, 11) is 2.17. The molecule has 0 saturated carbocycles. The molecule has 0 radical (unpaired) electrons. The van der Waals surface area contributed by atoms with Gasteiger partial charge in [0.1, 0.15) is 5.75 Å². The number of hydrogen-bond acceptors (Lipinski definition) is 3. The van der Waals surface area contributed by atoms with Gasteiger partial charge in [0.25, 0.3) is 0 Å². The Morgan fingerprint density at radius 2 is 1.90 bits per heavy atom. The first-order valence-corrected chi connectivity index (χ1v) is 9.68. The van der Waals surface area contributed by atoms with Crippen LogP contribution >= 0.6 is 11.6 Å². The van der Waals surface area contributed by atoms with E-state index in [9.17, 15) is 13.6 Å². The van der Waals surface area contributed by atoms with E-state index in [0.29, 0.717) is 16.3 Å². The lowest BCUT2D eigenvalue weighted by Crippen LogP contribution is -3.12. The molecule has 0 bridgehead atoms. The van der Waals surface area contributed by atoms with Crippen molar-refractivity contribution < 1.29 is 23.2 Å². The zero-order valence-corrected chi connectivity index (χ0v) is 16.8. The Morgan fingerprint density at radius 3 is 2.55 bits per heavy atom. The molecule has 2 aromatic carbocycles. The maximum absolute atomic E-state index is 12.4. The normalized spacial score (nSPS) is 15.1. The minimum Gasteiger partial charge on any atom is -0.435 e. The van der Waals surface area contributed by atoms with Crippen LogP contribution in [-0.2, 0) is 4.79 Å². The summed E-state index contributed by atoms with van der Waals surface area (Å²) >= 11 is 6.13. The third kappa shape index (κ3) is 6.17. The number of anilines is 2. The van der Waals surface area contributed by atoms with Crippen LogP contribution in [-0.4, -0.2) is 45.7 Å². The summed E-state index contributed by atoms with van der Waals surface area (Å²) in [6, 6.07) is 11.5. The van der Waals surface area contributed by atoms with E-state index in [1.165, 1.54) is 23.1 Å². The highest BCUT2D eigenvalue weighted by molar-refractivity contribution is 6.31. The van der Waals surface area contributed by atoms with Crippen LogP contribution in [0.1, 0.15) is 5.56 Å². The first-order chi connectivity index (χ1) is 13.9. The predicted molar refractivity (Wildman–Crippen MR) is 111 cm³/mol. The van der Waals surface area contributed by atoms with Gasteiger partial charge in [0.15, 0.2) is 0 Å². The number of likely N-dealkylation sites (N-methyl/N-ethyl adjacent to an activating group) is 1. The quantitative estimate of drug-likeness (QED) is 0.704. The zero-order valence-electron chi connectivity index (χ0n) is 16.0. The standard InChI is InChI=1S/C21H22ClF2N3O2/c1-26-10-12-27(13-11-26)19-8-5-16(22)14-18(19)25-20(28)9-4-15-2-6-17(7-3-15)29-21(23)24/h2-9,14,21H,10-13H2,1H3,(H,25,28)/p+1/b9-4+. The molecule has 1 amide bonds. The number of halogens is 3. The molecular formula is C21H23ClF2N3O2+. The summed E-state index contributed by atoms with van der Waals surface area (Å²) < 4.78 is 28.7. The van der Waals surface area contributed by atoms with E-state index in [-0.39, 0.29) is 11.7 Å². The molecule has 3 rings (SSSR count). The molecule has 1 aliphatic heterocycles. The number of nitrogens with zero attached hydrogens (tertiary/aromatic N) is 1. The van der Waals surface area contributed by atoms with Gasteiger partial charge in [0.05, 0.1) is 44.6 Å². The summed E-state index contributed by atoms with van der Waals surface area (Å²) in [6.45, 7) is 0.997. The SMILES string of the molecule is C[NH+]1CCN(c2ccc(Cl)cc2NC(=O)/C=C/c2ccc(OC(F)F)cc2)CC1. The first kappa shape index (κ1) is 21.1. The fraction of sp³-hybridized carbons (Fsp3) is 0.286. The molecule has 1 fully saturated rings. The highest BCUT2D eigenvalue weighted by Gasteiger charge is 2.20. The van der Waals surface area contributed by atoms with Crippen LogP contribution in [0.5, 0.6) is 5.75 Å². The minimum atomic E-state index is -2.87. The van der Waals surface area contributed by atoms with Crippen LogP contribution in [0.4, 0.5) is 20.2 Å². The highest BCUT2D eigenvalue weighted by Crippen LogP contribution is 2.29. The molecule has 8 heteroatoms. The molecule has 154 valence electrons. The lowest BCUT2D eigenvalue weighted by molar-refractivity contribution is -0.880. The van der Waals surface area contributed by atoms with E-state index in [1.54, 1.807) is 24.3 Å². The smallest absolute Gasteiger partial charge is 0.387 e. The van der Waals surface area contributed by atoms with Crippen LogP contribution < -0.4 is 19.9 Å². The molecule has 0 aliphatic carbocycles. The monoisotopic (exact) mass is 422 g/mol. The van der Waals surface area contributed by atoms with Crippen LogP contribution in [0.2, 0.25) is 5.02 Å². The number of piperazine rings is 1. The number of amides is 1. The van der Waals surface area contributed by atoms with Gasteiger partial charge in [0.2, 0.25) is 5.91 Å². The van der Waals surface area contributed by atoms with Crippen molar-refractivity contribution in [3.8, 4) is 5.75 Å². The van der Waals surface area contributed by atoms with Crippen molar-refractivity contribution >= 4 is 35.0 Å². The summed E-state index contributed by atoms with van der Waals surface area (Å²) in [5.74, 6) is -0.236. The van der Waals surface area contributed by atoms with Crippen LogP contribution in [0.15, 0.2) is 48.5 Å². The lowest BCUT2D eigenvalue weighted by atomic mass is 10.2. The zero-order chi connectivity index (χ0) is 20.8. The van der Waals surface area contributed by atoms with Crippen LogP contribution in [0.3, 0.4) is 0 Å². The van der Waals surface area contributed by atoms with Gasteiger partial charge in [-0.05, 0) is 42.0 Å². The predicted octanol–water partition coefficient (Wildman–Crippen LogP) is 2.93. The molecule has 29 heavy (non-hydrogen) atoms. The second kappa shape index (κ2) is 9.71. The Bertz CT molecular complexity index is 867. The highest BCUT2D eigenvalue weighted by atomic mass is 35.5. The molecule has 0 atom stereocenters. The number of rotatable bonds is 6. The molecule has 0 spiro atoms. The molecule has 0 unspecified atom stereocenters. The van der Waals surface area contributed by atoms with Gasteiger partial charge in [-0.25, -0.2) is 0 Å². The topological polar surface area (TPSA) is 46.0 Å². The average molecular weight is 423 g/mol. The van der Waals surface area contributed by atoms with Crippen molar-refractivity contribution in [3.05, 3.63) is 59.1 Å². The molecule has 1 heterocycles.